The van der Waals surface area contributed by atoms with Crippen molar-refractivity contribution in [2.75, 3.05) is 18.6 Å². The van der Waals surface area contributed by atoms with Crippen LogP contribution in [0.4, 0.5) is 5.69 Å². The fourth-order valence-electron chi connectivity index (χ4n) is 6.64. The zero-order chi connectivity index (χ0) is 18.6. The molecule has 144 valence electrons. The van der Waals surface area contributed by atoms with Crippen LogP contribution < -0.4 is 15.0 Å². The summed E-state index contributed by atoms with van der Waals surface area (Å²) < 4.78 is 5.16. The Hall–Kier alpha value is -1.88. The number of carbonyl (C=O) groups is 2. The van der Waals surface area contributed by atoms with Crippen LogP contribution in [-0.4, -0.2) is 31.5 Å². The number of imide groups is 1. The standard InChI is InChI=1S/C22H28N2O3/c1-27-18-4-2-17(3-5-18)24-20(25)9-19(21(24)26)23-13-22-10-14-6-15(11-22)8-16(7-14)12-22/h2-5,14-16,19,23H,6-13H2,1H3/t14?,15?,16?,19-,22?/m0/s1. The third kappa shape index (κ3) is 2.96. The van der Waals surface area contributed by atoms with Gasteiger partial charge in [0.1, 0.15) is 5.75 Å². The average Bonchev–Trinajstić information content (AvgIpc) is 2.93. The number of nitrogens with zero attached hydrogens (tertiary/aromatic N) is 1. The van der Waals surface area contributed by atoms with Crippen molar-refractivity contribution in [3.8, 4) is 5.75 Å². The highest BCUT2D eigenvalue weighted by Gasteiger charge is 2.51. The van der Waals surface area contributed by atoms with Crippen LogP contribution in [0.25, 0.3) is 0 Å². The van der Waals surface area contributed by atoms with Gasteiger partial charge in [0.05, 0.1) is 25.3 Å². The highest BCUT2D eigenvalue weighted by atomic mass is 16.5. The number of amides is 2. The summed E-state index contributed by atoms with van der Waals surface area (Å²) in [5, 5.41) is 3.50. The molecule has 1 aromatic rings. The largest absolute Gasteiger partial charge is 0.497 e. The van der Waals surface area contributed by atoms with E-state index in [0.29, 0.717) is 16.9 Å². The van der Waals surface area contributed by atoms with Gasteiger partial charge in [-0.15, -0.1) is 0 Å². The summed E-state index contributed by atoms with van der Waals surface area (Å²) in [6.45, 7) is 0.886. The molecule has 5 aliphatic rings. The average molecular weight is 368 g/mol. The Labute approximate surface area is 160 Å². The van der Waals surface area contributed by atoms with Gasteiger partial charge in [0.15, 0.2) is 0 Å². The van der Waals surface area contributed by atoms with Crippen LogP contribution in [0, 0.1) is 23.2 Å². The van der Waals surface area contributed by atoms with E-state index in [2.05, 4.69) is 5.32 Å². The summed E-state index contributed by atoms with van der Waals surface area (Å²) >= 11 is 0. The highest BCUT2D eigenvalue weighted by Crippen LogP contribution is 2.59. The van der Waals surface area contributed by atoms with Crippen molar-refractivity contribution in [3.05, 3.63) is 24.3 Å². The highest BCUT2D eigenvalue weighted by molar-refractivity contribution is 6.22. The van der Waals surface area contributed by atoms with Crippen LogP contribution >= 0.6 is 0 Å². The van der Waals surface area contributed by atoms with Crippen LogP contribution in [0.2, 0.25) is 0 Å². The first-order valence-electron chi connectivity index (χ1n) is 10.3. The van der Waals surface area contributed by atoms with E-state index >= 15 is 0 Å². The van der Waals surface area contributed by atoms with Crippen molar-refractivity contribution in [2.24, 2.45) is 23.2 Å². The van der Waals surface area contributed by atoms with Crippen molar-refractivity contribution in [3.63, 3.8) is 0 Å². The normalized spacial score (nSPS) is 37.3. The number of anilines is 1. The van der Waals surface area contributed by atoms with E-state index in [1.165, 1.54) is 43.4 Å². The Morgan fingerprint density at radius 2 is 1.63 bits per heavy atom. The van der Waals surface area contributed by atoms with Gasteiger partial charge in [-0.05, 0) is 86.0 Å². The van der Waals surface area contributed by atoms with Crippen LogP contribution in [0.1, 0.15) is 44.9 Å². The van der Waals surface area contributed by atoms with Gasteiger partial charge in [0.2, 0.25) is 5.91 Å². The molecule has 4 saturated carbocycles. The number of benzene rings is 1. The minimum absolute atomic E-state index is 0.116. The molecule has 1 aromatic carbocycles. The molecule has 2 amide bonds. The lowest BCUT2D eigenvalue weighted by Gasteiger charge is -2.57. The quantitative estimate of drug-likeness (QED) is 0.811. The maximum atomic E-state index is 12.9. The van der Waals surface area contributed by atoms with Crippen molar-refractivity contribution in [1.29, 1.82) is 0 Å². The molecule has 4 bridgehead atoms. The fraction of sp³-hybridized carbons (Fsp3) is 0.636. The number of ether oxygens (including phenoxy) is 1. The molecule has 4 aliphatic carbocycles. The number of rotatable bonds is 5. The Morgan fingerprint density at radius 3 is 2.19 bits per heavy atom. The van der Waals surface area contributed by atoms with E-state index in [9.17, 15) is 9.59 Å². The lowest BCUT2D eigenvalue weighted by atomic mass is 9.49. The minimum atomic E-state index is -0.382. The van der Waals surface area contributed by atoms with Gasteiger partial charge in [-0.3, -0.25) is 9.59 Å². The van der Waals surface area contributed by atoms with Crippen molar-refractivity contribution >= 4 is 17.5 Å². The van der Waals surface area contributed by atoms with E-state index in [-0.39, 0.29) is 24.3 Å². The van der Waals surface area contributed by atoms with Gasteiger partial charge in [-0.2, -0.15) is 0 Å². The molecule has 6 rings (SSSR count). The van der Waals surface area contributed by atoms with E-state index in [1.807, 2.05) is 0 Å². The molecule has 1 N–H and O–H groups in total. The second-order valence-electron chi connectivity index (χ2n) is 9.32. The Kier molecular flexibility index (Phi) is 4.04. The molecule has 5 heteroatoms. The third-order valence-corrected chi connectivity index (χ3v) is 7.37. The number of methoxy groups -OCH3 is 1. The molecule has 0 spiro atoms. The van der Waals surface area contributed by atoms with E-state index < -0.39 is 0 Å². The topological polar surface area (TPSA) is 58.6 Å². The van der Waals surface area contributed by atoms with Gasteiger partial charge >= 0.3 is 0 Å². The van der Waals surface area contributed by atoms with Crippen molar-refractivity contribution in [1.82, 2.24) is 5.32 Å². The van der Waals surface area contributed by atoms with Gasteiger partial charge in [-0.25, -0.2) is 4.90 Å². The monoisotopic (exact) mass is 368 g/mol. The summed E-state index contributed by atoms with van der Waals surface area (Å²) in [7, 11) is 1.60. The number of hydrogen-bond acceptors (Lipinski definition) is 4. The van der Waals surface area contributed by atoms with E-state index in [1.54, 1.807) is 31.4 Å². The molecular weight excluding hydrogens is 340 g/mol. The van der Waals surface area contributed by atoms with E-state index in [0.717, 1.165) is 24.3 Å². The van der Waals surface area contributed by atoms with Crippen LogP contribution in [0.15, 0.2) is 24.3 Å². The SMILES string of the molecule is COc1ccc(N2C(=O)C[C@H](NCC34CC5CC(CC(C5)C3)C4)C2=O)cc1. The number of carbonyl (C=O) groups excluding carboxylic acids is 2. The maximum absolute atomic E-state index is 12.9. The van der Waals surface area contributed by atoms with Gasteiger partial charge in [-0.1, -0.05) is 0 Å². The minimum Gasteiger partial charge on any atom is -0.497 e. The molecule has 0 unspecified atom stereocenters. The number of hydrogen-bond donors (Lipinski definition) is 1. The fourth-order valence-corrected chi connectivity index (χ4v) is 6.64. The van der Waals surface area contributed by atoms with Gasteiger partial charge in [0.25, 0.3) is 5.91 Å². The zero-order valence-electron chi connectivity index (χ0n) is 15.9. The van der Waals surface area contributed by atoms with Crippen molar-refractivity contribution < 1.29 is 14.3 Å². The third-order valence-electron chi connectivity index (χ3n) is 7.37. The Morgan fingerprint density at radius 1 is 1.04 bits per heavy atom. The lowest BCUT2D eigenvalue weighted by Crippen LogP contribution is -2.52. The summed E-state index contributed by atoms with van der Waals surface area (Å²) in [5.41, 5.74) is 0.996. The van der Waals surface area contributed by atoms with Crippen molar-refractivity contribution in [2.45, 2.75) is 51.0 Å². The summed E-state index contributed by atoms with van der Waals surface area (Å²) in [6, 6.07) is 6.73. The molecule has 1 aliphatic heterocycles. The molecule has 1 atom stereocenters. The van der Waals surface area contributed by atoms with Crippen LogP contribution in [0.3, 0.4) is 0 Å². The predicted octanol–water partition coefficient (Wildman–Crippen LogP) is 3.13. The molecule has 5 nitrogen and oxygen atoms in total. The zero-order valence-corrected chi connectivity index (χ0v) is 15.9. The number of nitrogens with one attached hydrogen (secondary N) is 1. The Bertz CT molecular complexity index is 722. The molecule has 5 fully saturated rings. The second kappa shape index (κ2) is 6.33. The van der Waals surface area contributed by atoms with Gasteiger partial charge in [0, 0.05) is 6.54 Å². The van der Waals surface area contributed by atoms with Crippen LogP contribution in [-0.2, 0) is 9.59 Å². The predicted molar refractivity (Wildman–Crippen MR) is 102 cm³/mol. The Balaban J connectivity index is 1.26. The summed E-state index contributed by atoms with van der Waals surface area (Å²) in [6.07, 6.45) is 8.45. The lowest BCUT2D eigenvalue weighted by molar-refractivity contribution is -0.121. The molecule has 1 saturated heterocycles. The smallest absolute Gasteiger partial charge is 0.251 e. The van der Waals surface area contributed by atoms with Gasteiger partial charge < -0.3 is 10.1 Å². The maximum Gasteiger partial charge on any atom is 0.251 e. The first-order valence-corrected chi connectivity index (χ1v) is 10.3. The summed E-state index contributed by atoms with van der Waals surface area (Å²) in [4.78, 5) is 26.7. The van der Waals surface area contributed by atoms with Crippen LogP contribution in [0.5, 0.6) is 5.75 Å². The molecule has 0 radical (unpaired) electrons. The molecule has 27 heavy (non-hydrogen) atoms. The molecule has 1 heterocycles. The summed E-state index contributed by atoms with van der Waals surface area (Å²) in [5.74, 6) is 3.18. The molecular formula is C22H28N2O3. The van der Waals surface area contributed by atoms with E-state index in [4.69, 9.17) is 4.74 Å². The first-order chi connectivity index (χ1) is 13.0. The first kappa shape index (κ1) is 17.2. The second-order valence-corrected chi connectivity index (χ2v) is 9.32. The molecule has 0 aromatic heterocycles.